The number of fused-ring (bicyclic) bond motifs is 1. The third-order valence-corrected chi connectivity index (χ3v) is 5.46. The molecule has 4 rings (SSSR count). The van der Waals surface area contributed by atoms with Crippen molar-refractivity contribution in [3.8, 4) is 11.5 Å². The molecule has 0 aliphatic heterocycles. The van der Waals surface area contributed by atoms with E-state index in [2.05, 4.69) is 29.1 Å². The topological polar surface area (TPSA) is 116 Å². The first-order valence-electron chi connectivity index (χ1n) is 8.91. The van der Waals surface area contributed by atoms with Gasteiger partial charge in [-0.05, 0) is 42.4 Å². The van der Waals surface area contributed by atoms with Gasteiger partial charge in [0.05, 0.1) is 12.0 Å². The number of nitrogens with zero attached hydrogens (tertiary/aromatic N) is 3. The van der Waals surface area contributed by atoms with Gasteiger partial charge in [0.15, 0.2) is 17.1 Å². The van der Waals surface area contributed by atoms with Crippen molar-refractivity contribution in [1.82, 2.24) is 19.7 Å². The number of furan rings is 1. The van der Waals surface area contributed by atoms with Gasteiger partial charge in [-0.1, -0.05) is 13.8 Å². The second-order valence-electron chi connectivity index (χ2n) is 7.35. The van der Waals surface area contributed by atoms with Crippen LogP contribution in [0.2, 0.25) is 0 Å². The molecule has 3 N–H and O–H groups in total. The second-order valence-corrected chi connectivity index (χ2v) is 7.35. The van der Waals surface area contributed by atoms with Crippen molar-refractivity contribution in [3.63, 3.8) is 0 Å². The third kappa shape index (κ3) is 2.97. The Hall–Kier alpha value is -3.16. The number of nitrogens with two attached hydrogens (primary N) is 1. The maximum atomic E-state index is 12.8. The van der Waals surface area contributed by atoms with Crippen molar-refractivity contribution >= 4 is 17.5 Å². The van der Waals surface area contributed by atoms with Gasteiger partial charge in [0.2, 0.25) is 0 Å². The van der Waals surface area contributed by atoms with Crippen LogP contribution in [0, 0.1) is 11.3 Å². The number of hydrogen-bond donors (Lipinski definition) is 2. The molecular formula is C19H21N5O3. The molecule has 3 aromatic rings. The molecule has 1 aliphatic rings. The molecule has 8 heteroatoms. The quantitative estimate of drug-likeness (QED) is 0.693. The van der Waals surface area contributed by atoms with Crippen LogP contribution in [0.25, 0.3) is 17.1 Å². The van der Waals surface area contributed by atoms with Crippen LogP contribution in [-0.2, 0) is 0 Å². The summed E-state index contributed by atoms with van der Waals surface area (Å²) in [5.74, 6) is 0.0347. The minimum absolute atomic E-state index is 0.0123. The van der Waals surface area contributed by atoms with E-state index < -0.39 is 5.91 Å². The van der Waals surface area contributed by atoms with Crippen LogP contribution in [0.15, 0.2) is 35.2 Å². The number of carbonyl (C=O) groups is 2. The fourth-order valence-corrected chi connectivity index (χ4v) is 3.34. The molecule has 0 aromatic carbocycles. The standard InChI is InChI=1S/C19H21N5O3/c1-11(2)19(5-6-19)9-21-18(26)12-8-13(14-4-3-7-27-14)24-10-22-15(16(20)25)17(24)23-12/h3-4,7-8,10-11H,5-6,9H2,1-2H3,(H2,20,25)(H,21,26). The summed E-state index contributed by atoms with van der Waals surface area (Å²) in [5, 5.41) is 2.98. The number of aromatic nitrogens is 3. The van der Waals surface area contributed by atoms with Crippen LogP contribution in [0.5, 0.6) is 0 Å². The van der Waals surface area contributed by atoms with Crippen LogP contribution >= 0.6 is 0 Å². The largest absolute Gasteiger partial charge is 0.463 e. The molecule has 1 aliphatic carbocycles. The average Bonchev–Trinajstić information content (AvgIpc) is 3.06. The molecule has 3 aromatic heterocycles. The molecular weight excluding hydrogens is 346 g/mol. The highest BCUT2D eigenvalue weighted by Crippen LogP contribution is 2.51. The van der Waals surface area contributed by atoms with Gasteiger partial charge in [0.1, 0.15) is 12.0 Å². The van der Waals surface area contributed by atoms with Crippen molar-refractivity contribution in [1.29, 1.82) is 0 Å². The number of imidazole rings is 1. The fraction of sp³-hybridized carbons (Fsp3) is 0.368. The summed E-state index contributed by atoms with van der Waals surface area (Å²) in [7, 11) is 0. The van der Waals surface area contributed by atoms with E-state index in [-0.39, 0.29) is 28.4 Å². The van der Waals surface area contributed by atoms with E-state index in [4.69, 9.17) is 10.2 Å². The third-order valence-electron chi connectivity index (χ3n) is 5.46. The molecule has 27 heavy (non-hydrogen) atoms. The van der Waals surface area contributed by atoms with Gasteiger partial charge in [-0.2, -0.15) is 0 Å². The zero-order chi connectivity index (χ0) is 19.2. The van der Waals surface area contributed by atoms with Crippen molar-refractivity contribution in [2.24, 2.45) is 17.1 Å². The van der Waals surface area contributed by atoms with Crippen LogP contribution in [0.1, 0.15) is 47.7 Å². The Morgan fingerprint density at radius 2 is 2.19 bits per heavy atom. The molecule has 3 heterocycles. The van der Waals surface area contributed by atoms with E-state index in [1.54, 1.807) is 22.6 Å². The lowest BCUT2D eigenvalue weighted by Gasteiger charge is -2.20. The first-order chi connectivity index (χ1) is 12.9. The summed E-state index contributed by atoms with van der Waals surface area (Å²) in [6.07, 6.45) is 5.21. The maximum absolute atomic E-state index is 12.8. The summed E-state index contributed by atoms with van der Waals surface area (Å²) in [5.41, 5.74) is 6.58. The number of rotatable bonds is 6. The van der Waals surface area contributed by atoms with Gasteiger partial charge in [-0.25, -0.2) is 9.97 Å². The monoisotopic (exact) mass is 367 g/mol. The Bertz CT molecular complexity index is 1020. The molecule has 8 nitrogen and oxygen atoms in total. The molecule has 0 bridgehead atoms. The lowest BCUT2D eigenvalue weighted by Crippen LogP contribution is -2.33. The van der Waals surface area contributed by atoms with Gasteiger partial charge in [0.25, 0.3) is 11.8 Å². The average molecular weight is 367 g/mol. The van der Waals surface area contributed by atoms with Gasteiger partial charge in [0, 0.05) is 6.54 Å². The zero-order valence-electron chi connectivity index (χ0n) is 15.2. The minimum atomic E-state index is -0.704. The van der Waals surface area contributed by atoms with Crippen LogP contribution < -0.4 is 11.1 Å². The molecule has 0 atom stereocenters. The highest BCUT2D eigenvalue weighted by atomic mass is 16.3. The Morgan fingerprint density at radius 3 is 2.78 bits per heavy atom. The summed E-state index contributed by atoms with van der Waals surface area (Å²) >= 11 is 0. The van der Waals surface area contributed by atoms with Gasteiger partial charge >= 0.3 is 0 Å². The normalized spacial score (nSPS) is 15.2. The lowest BCUT2D eigenvalue weighted by molar-refractivity contribution is 0.0933. The number of hydrogen-bond acceptors (Lipinski definition) is 5. The Labute approximate surface area is 155 Å². The number of carbonyl (C=O) groups excluding carboxylic acids is 2. The van der Waals surface area contributed by atoms with E-state index in [0.29, 0.717) is 23.9 Å². The van der Waals surface area contributed by atoms with Crippen molar-refractivity contribution in [2.45, 2.75) is 26.7 Å². The van der Waals surface area contributed by atoms with Gasteiger partial charge in [-0.15, -0.1) is 0 Å². The number of amides is 2. The lowest BCUT2D eigenvalue weighted by atomic mass is 9.92. The van der Waals surface area contributed by atoms with E-state index in [0.717, 1.165) is 12.8 Å². The van der Waals surface area contributed by atoms with E-state index >= 15 is 0 Å². The predicted octanol–water partition coefficient (Wildman–Crippen LogP) is 2.25. The van der Waals surface area contributed by atoms with Crippen molar-refractivity contribution in [3.05, 3.63) is 42.2 Å². The zero-order valence-corrected chi connectivity index (χ0v) is 15.2. The van der Waals surface area contributed by atoms with E-state index in [1.807, 2.05) is 0 Å². The first kappa shape index (κ1) is 17.3. The first-order valence-corrected chi connectivity index (χ1v) is 8.91. The smallest absolute Gasteiger partial charge is 0.271 e. The van der Waals surface area contributed by atoms with Crippen LogP contribution in [-0.4, -0.2) is 32.7 Å². The molecule has 1 saturated carbocycles. The summed E-state index contributed by atoms with van der Waals surface area (Å²) < 4.78 is 7.05. The van der Waals surface area contributed by atoms with Gasteiger partial charge in [-0.3, -0.25) is 14.0 Å². The summed E-state index contributed by atoms with van der Waals surface area (Å²) in [6.45, 7) is 4.95. The molecule has 0 radical (unpaired) electrons. The van der Waals surface area contributed by atoms with Crippen LogP contribution in [0.4, 0.5) is 0 Å². The molecule has 0 saturated heterocycles. The molecule has 0 unspecified atom stereocenters. The Kier molecular flexibility index (Phi) is 3.98. The fourth-order valence-electron chi connectivity index (χ4n) is 3.34. The number of nitrogens with one attached hydrogen (secondary N) is 1. The molecule has 140 valence electrons. The highest BCUT2D eigenvalue weighted by molar-refractivity contribution is 5.99. The van der Waals surface area contributed by atoms with Gasteiger partial charge < -0.3 is 15.5 Å². The second kappa shape index (κ2) is 6.22. The maximum Gasteiger partial charge on any atom is 0.271 e. The molecule has 2 amide bonds. The van der Waals surface area contributed by atoms with Crippen molar-refractivity contribution in [2.75, 3.05) is 6.54 Å². The highest BCUT2D eigenvalue weighted by Gasteiger charge is 2.45. The van der Waals surface area contributed by atoms with E-state index in [1.165, 1.54) is 12.6 Å². The van der Waals surface area contributed by atoms with Crippen LogP contribution in [0.3, 0.4) is 0 Å². The summed E-state index contributed by atoms with van der Waals surface area (Å²) in [6, 6.07) is 5.13. The van der Waals surface area contributed by atoms with E-state index in [9.17, 15) is 9.59 Å². The Balaban J connectivity index is 1.73. The summed E-state index contributed by atoms with van der Waals surface area (Å²) in [4.78, 5) is 32.8. The SMILES string of the molecule is CC(C)C1(CNC(=O)c2cc(-c3ccco3)n3cnc(C(N)=O)c3n2)CC1. The number of primary amides is 1. The molecule has 1 fully saturated rings. The molecule has 0 spiro atoms. The van der Waals surface area contributed by atoms with Crippen molar-refractivity contribution < 1.29 is 14.0 Å². The Morgan fingerprint density at radius 1 is 1.41 bits per heavy atom. The predicted molar refractivity (Wildman–Crippen MR) is 98.0 cm³/mol. The minimum Gasteiger partial charge on any atom is -0.463 e.